The number of hydrogen-bond donors (Lipinski definition) is 0. The molecule has 2 heterocycles. The highest BCUT2D eigenvalue weighted by atomic mass is 15.3. The third kappa shape index (κ3) is 4.28. The summed E-state index contributed by atoms with van der Waals surface area (Å²) in [6, 6.07) is 11.6. The molecule has 25 heavy (non-hydrogen) atoms. The number of rotatable bonds is 5. The van der Waals surface area contributed by atoms with Crippen LogP contribution in [0.2, 0.25) is 0 Å². The minimum absolute atomic E-state index is 0.719. The average Bonchev–Trinajstić information content (AvgIpc) is 3.17. The minimum atomic E-state index is 0.719. The lowest BCUT2D eigenvalue weighted by molar-refractivity contribution is 0.0408. The smallest absolute Gasteiger partial charge is 0.137 e. The zero-order valence-electron chi connectivity index (χ0n) is 15.0. The predicted octanol–water partition coefficient (Wildman–Crippen LogP) is 2.65. The van der Waals surface area contributed by atoms with Crippen LogP contribution in [0.1, 0.15) is 31.2 Å². The molecule has 0 spiro atoms. The van der Waals surface area contributed by atoms with Gasteiger partial charge in [0.1, 0.15) is 12.7 Å². The van der Waals surface area contributed by atoms with Gasteiger partial charge < -0.3 is 0 Å². The summed E-state index contributed by atoms with van der Waals surface area (Å²) in [7, 11) is 0. The first-order valence-electron chi connectivity index (χ1n) is 9.71. The van der Waals surface area contributed by atoms with Gasteiger partial charge in [-0.1, -0.05) is 43.2 Å². The van der Waals surface area contributed by atoms with Crippen LogP contribution >= 0.6 is 0 Å². The summed E-state index contributed by atoms with van der Waals surface area (Å²) in [6.07, 6.45) is 8.93. The Balaban J connectivity index is 1.32. The molecule has 4 rings (SSSR count). The summed E-state index contributed by atoms with van der Waals surface area (Å²) in [5.41, 5.74) is 1.43. The van der Waals surface area contributed by atoms with E-state index in [0.29, 0.717) is 0 Å². The Morgan fingerprint density at radius 2 is 1.76 bits per heavy atom. The summed E-state index contributed by atoms with van der Waals surface area (Å²) in [5, 5.41) is 4.33. The summed E-state index contributed by atoms with van der Waals surface area (Å²) in [5.74, 6) is 0.719. The van der Waals surface area contributed by atoms with Crippen molar-refractivity contribution in [3.8, 4) is 0 Å². The van der Waals surface area contributed by atoms with Crippen LogP contribution in [0.5, 0.6) is 0 Å². The largest absolute Gasteiger partial charge is 0.298 e. The Morgan fingerprint density at radius 1 is 0.960 bits per heavy atom. The summed E-state index contributed by atoms with van der Waals surface area (Å²) < 4.78 is 2.02. The molecule has 1 saturated carbocycles. The standard InChI is InChI=1S/C20H29N5/c1-2-6-18(7-3-1)14-23-10-12-24(13-11-23)20-9-5-4-8-19(20)15-25-17-21-16-22-25/h1-3,6-7,16-17,19-20H,4-5,8-15H2/t19-,20-/m1/s1. The van der Waals surface area contributed by atoms with Gasteiger partial charge in [-0.25, -0.2) is 4.98 Å². The maximum atomic E-state index is 4.33. The fourth-order valence-electron chi connectivity index (χ4n) is 4.54. The molecule has 2 aliphatic rings. The highest BCUT2D eigenvalue weighted by Gasteiger charge is 2.32. The van der Waals surface area contributed by atoms with E-state index in [1.807, 2.05) is 11.0 Å². The van der Waals surface area contributed by atoms with Crippen molar-refractivity contribution in [3.05, 3.63) is 48.5 Å². The van der Waals surface area contributed by atoms with Crippen LogP contribution in [0, 0.1) is 5.92 Å². The van der Waals surface area contributed by atoms with Crippen molar-refractivity contribution in [2.45, 2.75) is 44.8 Å². The van der Waals surface area contributed by atoms with E-state index < -0.39 is 0 Å². The second kappa shape index (κ2) is 8.11. The van der Waals surface area contributed by atoms with E-state index in [0.717, 1.165) is 25.0 Å². The van der Waals surface area contributed by atoms with E-state index in [9.17, 15) is 0 Å². The van der Waals surface area contributed by atoms with Crippen molar-refractivity contribution in [1.29, 1.82) is 0 Å². The van der Waals surface area contributed by atoms with Gasteiger partial charge in [0.25, 0.3) is 0 Å². The Labute approximate surface area is 150 Å². The molecule has 5 heteroatoms. The molecular formula is C20H29N5. The van der Waals surface area contributed by atoms with Crippen LogP contribution < -0.4 is 0 Å². The first kappa shape index (κ1) is 16.7. The topological polar surface area (TPSA) is 37.2 Å². The zero-order chi connectivity index (χ0) is 16.9. The second-order valence-electron chi connectivity index (χ2n) is 7.53. The van der Waals surface area contributed by atoms with Crippen molar-refractivity contribution >= 4 is 0 Å². The minimum Gasteiger partial charge on any atom is -0.298 e. The monoisotopic (exact) mass is 339 g/mol. The van der Waals surface area contributed by atoms with Gasteiger partial charge in [0.15, 0.2) is 0 Å². The molecule has 0 radical (unpaired) electrons. The summed E-state index contributed by atoms with van der Waals surface area (Å²) >= 11 is 0. The molecule has 2 aromatic rings. The number of aromatic nitrogens is 3. The molecule has 134 valence electrons. The lowest BCUT2D eigenvalue weighted by Gasteiger charge is -2.44. The van der Waals surface area contributed by atoms with Gasteiger partial charge >= 0.3 is 0 Å². The van der Waals surface area contributed by atoms with E-state index in [1.54, 1.807) is 6.33 Å². The van der Waals surface area contributed by atoms with Crippen molar-refractivity contribution in [2.24, 2.45) is 5.92 Å². The molecule has 2 atom stereocenters. The molecule has 1 aromatic heterocycles. The normalized spacial score (nSPS) is 25.9. The van der Waals surface area contributed by atoms with Gasteiger partial charge in [-0.15, -0.1) is 0 Å². The van der Waals surface area contributed by atoms with Crippen LogP contribution in [0.15, 0.2) is 43.0 Å². The Hall–Kier alpha value is -1.72. The Morgan fingerprint density at radius 3 is 2.52 bits per heavy atom. The fourth-order valence-corrected chi connectivity index (χ4v) is 4.54. The quantitative estimate of drug-likeness (QED) is 0.839. The average molecular weight is 339 g/mol. The van der Waals surface area contributed by atoms with Gasteiger partial charge in [-0.2, -0.15) is 5.10 Å². The molecule has 1 aliphatic carbocycles. The zero-order valence-corrected chi connectivity index (χ0v) is 15.0. The molecule has 5 nitrogen and oxygen atoms in total. The first-order valence-corrected chi connectivity index (χ1v) is 9.71. The molecule has 0 bridgehead atoms. The van der Waals surface area contributed by atoms with Crippen LogP contribution in [0.3, 0.4) is 0 Å². The third-order valence-electron chi connectivity index (χ3n) is 5.88. The molecule has 0 amide bonds. The fraction of sp³-hybridized carbons (Fsp3) is 0.600. The summed E-state index contributed by atoms with van der Waals surface area (Å²) in [4.78, 5) is 9.46. The van der Waals surface area contributed by atoms with Gasteiger partial charge in [-0.05, 0) is 24.3 Å². The van der Waals surface area contributed by atoms with Gasteiger partial charge in [0.2, 0.25) is 0 Å². The molecule has 2 fully saturated rings. The first-order chi connectivity index (χ1) is 12.4. The van der Waals surface area contributed by atoms with Crippen LogP contribution in [-0.2, 0) is 13.1 Å². The summed E-state index contributed by atoms with van der Waals surface area (Å²) in [6.45, 7) is 6.87. The van der Waals surface area contributed by atoms with E-state index in [1.165, 1.54) is 57.4 Å². The third-order valence-corrected chi connectivity index (χ3v) is 5.88. The highest BCUT2D eigenvalue weighted by Crippen LogP contribution is 2.30. The number of nitrogens with zero attached hydrogens (tertiary/aromatic N) is 5. The van der Waals surface area contributed by atoms with Gasteiger partial charge in [0.05, 0.1) is 0 Å². The van der Waals surface area contributed by atoms with Crippen LogP contribution in [-0.4, -0.2) is 56.8 Å². The van der Waals surface area contributed by atoms with E-state index in [4.69, 9.17) is 0 Å². The molecule has 1 aromatic carbocycles. The van der Waals surface area contributed by atoms with Crippen molar-refractivity contribution in [1.82, 2.24) is 24.6 Å². The van der Waals surface area contributed by atoms with Crippen LogP contribution in [0.4, 0.5) is 0 Å². The molecule has 1 saturated heterocycles. The molecule has 1 aliphatic heterocycles. The maximum Gasteiger partial charge on any atom is 0.137 e. The molecule has 0 unspecified atom stereocenters. The maximum absolute atomic E-state index is 4.33. The molecular weight excluding hydrogens is 310 g/mol. The predicted molar refractivity (Wildman–Crippen MR) is 99.1 cm³/mol. The SMILES string of the molecule is c1ccc(CN2CCN([C@@H]3CCCC[C@@H]3Cn3cncn3)CC2)cc1. The Kier molecular flexibility index (Phi) is 5.43. The van der Waals surface area contributed by atoms with E-state index >= 15 is 0 Å². The van der Waals surface area contributed by atoms with E-state index in [-0.39, 0.29) is 0 Å². The van der Waals surface area contributed by atoms with Crippen molar-refractivity contribution in [2.75, 3.05) is 26.2 Å². The number of benzene rings is 1. The second-order valence-corrected chi connectivity index (χ2v) is 7.53. The highest BCUT2D eigenvalue weighted by molar-refractivity contribution is 5.14. The van der Waals surface area contributed by atoms with E-state index in [2.05, 4.69) is 50.2 Å². The van der Waals surface area contributed by atoms with Gasteiger partial charge in [-0.3, -0.25) is 14.5 Å². The molecule has 0 N–H and O–H groups in total. The van der Waals surface area contributed by atoms with Gasteiger partial charge in [0, 0.05) is 45.3 Å². The number of hydrogen-bond acceptors (Lipinski definition) is 4. The number of piperazine rings is 1. The van der Waals surface area contributed by atoms with Crippen molar-refractivity contribution < 1.29 is 0 Å². The van der Waals surface area contributed by atoms with Crippen molar-refractivity contribution in [3.63, 3.8) is 0 Å². The lowest BCUT2D eigenvalue weighted by Crippen LogP contribution is -2.53. The lowest BCUT2D eigenvalue weighted by atomic mass is 9.83. The van der Waals surface area contributed by atoms with Crippen LogP contribution in [0.25, 0.3) is 0 Å². The Bertz CT molecular complexity index is 619.